The largest absolute Gasteiger partial charge is 0.483 e. The Morgan fingerprint density at radius 2 is 1.81 bits per heavy atom. The second-order valence-electron chi connectivity index (χ2n) is 7.36. The molecule has 0 saturated carbocycles. The molecule has 0 radical (unpaired) electrons. The maximum Gasteiger partial charge on any atom is 0.290 e. The molecule has 0 aliphatic carbocycles. The summed E-state index contributed by atoms with van der Waals surface area (Å²) in [5.41, 5.74) is 11.5. The van der Waals surface area contributed by atoms with Crippen molar-refractivity contribution in [3.8, 4) is 11.1 Å². The van der Waals surface area contributed by atoms with E-state index in [0.29, 0.717) is 17.8 Å². The number of likely N-dealkylation sites (N-methyl/N-ethyl adjacent to an activating group) is 1. The second-order valence-corrected chi connectivity index (χ2v) is 7.36. The van der Waals surface area contributed by atoms with Gasteiger partial charge in [0.25, 0.3) is 12.4 Å². The molecule has 2 aromatic heterocycles. The Kier molecular flexibility index (Phi) is 8.25. The van der Waals surface area contributed by atoms with Gasteiger partial charge in [-0.3, -0.25) is 14.6 Å². The second kappa shape index (κ2) is 10.9. The van der Waals surface area contributed by atoms with Gasteiger partial charge in [-0.15, -0.1) is 0 Å². The fourth-order valence-corrected chi connectivity index (χ4v) is 3.17. The minimum absolute atomic E-state index is 0.0123. The van der Waals surface area contributed by atoms with Crippen LogP contribution in [0.2, 0.25) is 0 Å². The summed E-state index contributed by atoms with van der Waals surface area (Å²) in [6.45, 7) is 5.74. The van der Waals surface area contributed by atoms with E-state index in [-0.39, 0.29) is 18.4 Å². The van der Waals surface area contributed by atoms with Gasteiger partial charge < -0.3 is 15.7 Å². The number of hydrogen-bond donors (Lipinski definition) is 2. The van der Waals surface area contributed by atoms with Crippen LogP contribution in [0, 0.1) is 13.8 Å². The lowest BCUT2D eigenvalue weighted by atomic mass is 10.0. The average Bonchev–Trinajstić information content (AvgIpc) is 2.73. The lowest BCUT2D eigenvalue weighted by molar-refractivity contribution is -0.122. The van der Waals surface area contributed by atoms with Crippen LogP contribution < -0.4 is 5.73 Å². The Balaban J connectivity index is 0.00000107. The van der Waals surface area contributed by atoms with Crippen molar-refractivity contribution in [2.75, 3.05) is 12.8 Å². The summed E-state index contributed by atoms with van der Waals surface area (Å²) in [6.07, 6.45) is 2.52. The molecule has 0 bridgehead atoms. The number of nitrogens with two attached hydrogens (primary N) is 1. The highest BCUT2D eigenvalue weighted by Crippen LogP contribution is 2.25. The van der Waals surface area contributed by atoms with Crippen molar-refractivity contribution in [1.82, 2.24) is 14.9 Å². The lowest BCUT2D eigenvalue weighted by Crippen LogP contribution is -2.36. The van der Waals surface area contributed by atoms with Gasteiger partial charge in [0.15, 0.2) is 0 Å². The third-order valence-corrected chi connectivity index (χ3v) is 4.96. The molecule has 0 aliphatic heterocycles. The van der Waals surface area contributed by atoms with Crippen LogP contribution in [0.15, 0.2) is 54.7 Å². The molecule has 1 atom stereocenters. The van der Waals surface area contributed by atoms with E-state index in [1.807, 2.05) is 76.5 Å². The number of nitrogen functional groups attached to an aromatic ring is 1. The number of pyridine rings is 2. The van der Waals surface area contributed by atoms with Crippen LogP contribution in [0.4, 0.5) is 5.82 Å². The van der Waals surface area contributed by atoms with Gasteiger partial charge in [0.05, 0.1) is 0 Å². The number of aryl methyl sites for hydroxylation is 2. The molecule has 0 aliphatic rings. The minimum Gasteiger partial charge on any atom is -0.483 e. The van der Waals surface area contributed by atoms with Crippen LogP contribution in [0.5, 0.6) is 0 Å². The summed E-state index contributed by atoms with van der Waals surface area (Å²) in [6, 6.07) is 15.5. The standard InChI is InChI=1S/C23H26N4O.CH2O2/c1-15-11-12-25-20(13-15)14-17(3)27(4)23(28)19-8-6-18(7-9-19)21-10-5-16(2)26-22(21)24;2-1-3/h5-13,17H,14H2,1-4H3,(H2,24,26);1H,(H,2,3). The van der Waals surface area contributed by atoms with Gasteiger partial charge in [0.2, 0.25) is 0 Å². The maximum absolute atomic E-state index is 12.9. The highest BCUT2D eigenvalue weighted by Gasteiger charge is 2.18. The Hall–Kier alpha value is -3.74. The molecular formula is C24H28N4O3. The van der Waals surface area contributed by atoms with Crippen molar-refractivity contribution in [3.63, 3.8) is 0 Å². The van der Waals surface area contributed by atoms with Crippen molar-refractivity contribution in [3.05, 3.63) is 77.2 Å². The summed E-state index contributed by atoms with van der Waals surface area (Å²) in [7, 11) is 1.83. The van der Waals surface area contributed by atoms with E-state index < -0.39 is 0 Å². The molecule has 7 nitrogen and oxygen atoms in total. The number of benzene rings is 1. The predicted octanol–water partition coefficient (Wildman–Crippen LogP) is 3.75. The van der Waals surface area contributed by atoms with E-state index >= 15 is 0 Å². The number of carbonyl (C=O) groups is 2. The number of nitrogens with zero attached hydrogens (tertiary/aromatic N) is 3. The quantitative estimate of drug-likeness (QED) is 0.609. The number of carboxylic acid groups (broad SMARTS) is 1. The minimum atomic E-state index is -0.250. The van der Waals surface area contributed by atoms with Gasteiger partial charge in [0, 0.05) is 48.2 Å². The highest BCUT2D eigenvalue weighted by atomic mass is 16.3. The van der Waals surface area contributed by atoms with Crippen molar-refractivity contribution < 1.29 is 14.7 Å². The van der Waals surface area contributed by atoms with Crippen LogP contribution >= 0.6 is 0 Å². The first-order valence-electron chi connectivity index (χ1n) is 9.87. The zero-order valence-electron chi connectivity index (χ0n) is 18.2. The molecule has 2 heterocycles. The number of aromatic nitrogens is 2. The fourth-order valence-electron chi connectivity index (χ4n) is 3.17. The zero-order valence-corrected chi connectivity index (χ0v) is 18.2. The number of anilines is 1. The summed E-state index contributed by atoms with van der Waals surface area (Å²) >= 11 is 0. The molecule has 0 fully saturated rings. The highest BCUT2D eigenvalue weighted by molar-refractivity contribution is 5.95. The molecule has 0 spiro atoms. The number of amides is 1. The third-order valence-electron chi connectivity index (χ3n) is 4.96. The molecule has 3 rings (SSSR count). The lowest BCUT2D eigenvalue weighted by Gasteiger charge is -2.25. The van der Waals surface area contributed by atoms with Crippen molar-refractivity contribution >= 4 is 18.2 Å². The molecule has 0 saturated heterocycles. The van der Waals surface area contributed by atoms with Gasteiger partial charge in [-0.1, -0.05) is 12.1 Å². The van der Waals surface area contributed by atoms with Gasteiger partial charge in [-0.2, -0.15) is 0 Å². The molecule has 1 aromatic carbocycles. The zero-order chi connectivity index (χ0) is 23.0. The van der Waals surface area contributed by atoms with Gasteiger partial charge >= 0.3 is 0 Å². The normalized spacial score (nSPS) is 11.1. The van der Waals surface area contributed by atoms with Crippen LogP contribution in [-0.2, 0) is 11.2 Å². The topological polar surface area (TPSA) is 109 Å². The van der Waals surface area contributed by atoms with Gasteiger partial charge in [-0.05, 0) is 68.3 Å². The van der Waals surface area contributed by atoms with E-state index in [1.54, 1.807) is 4.90 Å². The van der Waals surface area contributed by atoms with Crippen LogP contribution in [0.25, 0.3) is 11.1 Å². The molecule has 1 amide bonds. The van der Waals surface area contributed by atoms with Crippen LogP contribution in [-0.4, -0.2) is 45.4 Å². The summed E-state index contributed by atoms with van der Waals surface area (Å²) in [5.74, 6) is 0.483. The van der Waals surface area contributed by atoms with Crippen molar-refractivity contribution in [2.24, 2.45) is 0 Å². The van der Waals surface area contributed by atoms with Crippen molar-refractivity contribution in [1.29, 1.82) is 0 Å². The van der Waals surface area contributed by atoms with E-state index in [0.717, 1.165) is 22.5 Å². The molecule has 1 unspecified atom stereocenters. The SMILES string of the molecule is Cc1ccnc(CC(C)N(C)C(=O)c2ccc(-c3ccc(C)nc3N)cc2)c1.O=CO. The van der Waals surface area contributed by atoms with E-state index in [1.165, 1.54) is 5.56 Å². The Bertz CT molecular complexity index is 1040. The first-order valence-corrected chi connectivity index (χ1v) is 9.87. The Labute approximate surface area is 182 Å². The monoisotopic (exact) mass is 420 g/mol. The molecule has 3 N–H and O–H groups in total. The van der Waals surface area contributed by atoms with E-state index in [9.17, 15) is 4.79 Å². The van der Waals surface area contributed by atoms with Crippen LogP contribution in [0.3, 0.4) is 0 Å². The number of carbonyl (C=O) groups excluding carboxylic acids is 1. The summed E-state index contributed by atoms with van der Waals surface area (Å²) in [5, 5.41) is 6.89. The molecule has 3 aromatic rings. The molecule has 162 valence electrons. The number of hydrogen-bond acceptors (Lipinski definition) is 5. The summed E-state index contributed by atoms with van der Waals surface area (Å²) < 4.78 is 0. The van der Waals surface area contributed by atoms with E-state index in [4.69, 9.17) is 15.6 Å². The Morgan fingerprint density at radius 1 is 1.16 bits per heavy atom. The number of rotatable bonds is 5. The predicted molar refractivity (Wildman–Crippen MR) is 122 cm³/mol. The summed E-state index contributed by atoms with van der Waals surface area (Å²) in [4.78, 5) is 31.7. The molecular weight excluding hydrogens is 392 g/mol. The van der Waals surface area contributed by atoms with E-state index in [2.05, 4.69) is 16.0 Å². The fraction of sp³-hybridized carbons (Fsp3) is 0.250. The van der Waals surface area contributed by atoms with Crippen molar-refractivity contribution in [2.45, 2.75) is 33.2 Å². The average molecular weight is 421 g/mol. The first-order chi connectivity index (χ1) is 14.8. The first kappa shape index (κ1) is 23.5. The van der Waals surface area contributed by atoms with Gasteiger partial charge in [0.1, 0.15) is 5.82 Å². The smallest absolute Gasteiger partial charge is 0.290 e. The molecule has 7 heteroatoms. The van der Waals surface area contributed by atoms with Crippen LogP contribution in [0.1, 0.15) is 34.2 Å². The third kappa shape index (κ3) is 6.37. The Morgan fingerprint density at radius 3 is 2.39 bits per heavy atom. The van der Waals surface area contributed by atoms with Gasteiger partial charge in [-0.25, -0.2) is 4.98 Å². The maximum atomic E-state index is 12.9. The molecule has 31 heavy (non-hydrogen) atoms.